The maximum Gasteiger partial charge on any atom is 0.335 e. The first-order valence-electron chi connectivity index (χ1n) is 4.23. The number of ether oxygens (including phenoxy) is 2. The van der Waals surface area contributed by atoms with Gasteiger partial charge in [0.1, 0.15) is 0 Å². The maximum atomic E-state index is 11.1. The smallest absolute Gasteiger partial charge is 0.335 e. The molecule has 0 aromatic heterocycles. The molecule has 1 rings (SSSR count). The molecule has 0 aromatic carbocycles. The first-order valence-corrected chi connectivity index (χ1v) is 4.23. The van der Waals surface area contributed by atoms with Crippen LogP contribution in [0.4, 0.5) is 0 Å². The largest absolute Gasteiger partial charge is 0.463 e. The molecule has 0 aromatic rings. The van der Waals surface area contributed by atoms with Gasteiger partial charge < -0.3 is 9.47 Å². The third-order valence-electron chi connectivity index (χ3n) is 1.76. The van der Waals surface area contributed by atoms with Crippen molar-refractivity contribution in [1.82, 2.24) is 0 Å². The van der Waals surface area contributed by atoms with Crippen molar-refractivity contribution in [2.45, 2.75) is 25.4 Å². The zero-order valence-electron chi connectivity index (χ0n) is 7.12. The lowest BCUT2D eigenvalue weighted by atomic mass is 10.2. The van der Waals surface area contributed by atoms with Crippen molar-refractivity contribution < 1.29 is 14.3 Å². The van der Waals surface area contributed by atoms with E-state index < -0.39 is 0 Å². The van der Waals surface area contributed by atoms with E-state index in [2.05, 4.69) is 6.58 Å². The first kappa shape index (κ1) is 9.26. The predicted molar refractivity (Wildman–Crippen MR) is 44.7 cm³/mol. The Bertz CT molecular complexity index is 159. The number of hydrogen-bond donors (Lipinski definition) is 0. The summed E-state index contributed by atoms with van der Waals surface area (Å²) in [5, 5.41) is 0. The third kappa shape index (κ3) is 2.66. The zero-order chi connectivity index (χ0) is 8.81. The van der Waals surface area contributed by atoms with E-state index in [1.54, 1.807) is 6.08 Å². The van der Waals surface area contributed by atoms with E-state index in [1.807, 2.05) is 0 Å². The Labute approximate surface area is 72.4 Å². The van der Waals surface area contributed by atoms with Gasteiger partial charge in [0.15, 0.2) is 6.10 Å². The fourth-order valence-corrected chi connectivity index (χ4v) is 1.10. The van der Waals surface area contributed by atoms with Crippen molar-refractivity contribution in [1.29, 1.82) is 0 Å². The molecule has 0 spiro atoms. The summed E-state index contributed by atoms with van der Waals surface area (Å²) in [4.78, 5) is 11.1. The van der Waals surface area contributed by atoms with E-state index in [4.69, 9.17) is 9.47 Å². The highest BCUT2D eigenvalue weighted by Crippen LogP contribution is 2.13. The lowest BCUT2D eigenvalue weighted by Gasteiger charge is -2.07. The van der Waals surface area contributed by atoms with E-state index in [-0.39, 0.29) is 12.1 Å². The molecular weight excluding hydrogens is 156 g/mol. The molecule has 0 amide bonds. The fraction of sp³-hybridized carbons (Fsp3) is 0.667. The summed E-state index contributed by atoms with van der Waals surface area (Å²) in [6.07, 6.45) is 3.88. The highest BCUT2D eigenvalue weighted by atomic mass is 16.6. The second kappa shape index (κ2) is 4.93. The lowest BCUT2D eigenvalue weighted by molar-refractivity contribution is -0.154. The third-order valence-corrected chi connectivity index (χ3v) is 1.76. The normalized spacial score (nSPS) is 22.2. The fourth-order valence-electron chi connectivity index (χ4n) is 1.10. The van der Waals surface area contributed by atoms with Crippen LogP contribution >= 0.6 is 0 Å². The van der Waals surface area contributed by atoms with Crippen LogP contribution in [-0.4, -0.2) is 25.3 Å². The van der Waals surface area contributed by atoms with Crippen molar-refractivity contribution in [3.63, 3.8) is 0 Å². The van der Waals surface area contributed by atoms with Crippen LogP contribution in [0.5, 0.6) is 0 Å². The van der Waals surface area contributed by atoms with Crippen molar-refractivity contribution in [3.05, 3.63) is 12.7 Å². The summed E-state index contributed by atoms with van der Waals surface area (Å²) in [6, 6.07) is 0. The SMILES string of the molecule is C=CCCOC(=O)[C@H]1CCCO1. The van der Waals surface area contributed by atoms with E-state index >= 15 is 0 Å². The van der Waals surface area contributed by atoms with Gasteiger partial charge in [0, 0.05) is 6.61 Å². The number of carbonyl (C=O) groups is 1. The Hall–Kier alpha value is -0.830. The Kier molecular flexibility index (Phi) is 3.80. The summed E-state index contributed by atoms with van der Waals surface area (Å²) >= 11 is 0. The summed E-state index contributed by atoms with van der Waals surface area (Å²) in [7, 11) is 0. The average molecular weight is 170 g/mol. The highest BCUT2D eigenvalue weighted by Gasteiger charge is 2.24. The van der Waals surface area contributed by atoms with Gasteiger partial charge in [-0.15, -0.1) is 6.58 Å². The molecule has 1 saturated heterocycles. The Morgan fingerprint density at radius 3 is 3.17 bits per heavy atom. The quantitative estimate of drug-likeness (QED) is 0.362. The van der Waals surface area contributed by atoms with Crippen LogP contribution in [0.3, 0.4) is 0 Å². The van der Waals surface area contributed by atoms with Gasteiger partial charge in [-0.1, -0.05) is 6.08 Å². The first-order chi connectivity index (χ1) is 5.84. The minimum atomic E-state index is -0.310. The molecule has 1 heterocycles. The van der Waals surface area contributed by atoms with Crippen LogP contribution in [-0.2, 0) is 14.3 Å². The topological polar surface area (TPSA) is 35.5 Å². The lowest BCUT2D eigenvalue weighted by Crippen LogP contribution is -2.22. The standard InChI is InChI=1S/C9H14O3/c1-2-3-6-12-9(10)8-5-4-7-11-8/h2,8H,1,3-7H2/t8-/m1/s1. The van der Waals surface area contributed by atoms with Crippen LogP contribution in [0.1, 0.15) is 19.3 Å². The van der Waals surface area contributed by atoms with Crippen molar-refractivity contribution >= 4 is 5.97 Å². The Morgan fingerprint density at radius 2 is 2.58 bits per heavy atom. The zero-order valence-corrected chi connectivity index (χ0v) is 7.12. The second-order valence-electron chi connectivity index (χ2n) is 2.75. The molecule has 0 bridgehead atoms. The summed E-state index contributed by atoms with van der Waals surface area (Å²) in [5.74, 6) is -0.227. The molecule has 0 radical (unpaired) electrons. The van der Waals surface area contributed by atoms with Crippen molar-refractivity contribution in [2.75, 3.05) is 13.2 Å². The van der Waals surface area contributed by atoms with Crippen molar-refractivity contribution in [3.8, 4) is 0 Å². The van der Waals surface area contributed by atoms with Gasteiger partial charge in [-0.25, -0.2) is 4.79 Å². The molecule has 3 heteroatoms. The summed E-state index contributed by atoms with van der Waals surface area (Å²) < 4.78 is 10.1. The second-order valence-corrected chi connectivity index (χ2v) is 2.75. The molecule has 0 unspecified atom stereocenters. The Morgan fingerprint density at radius 1 is 1.75 bits per heavy atom. The van der Waals surface area contributed by atoms with Gasteiger partial charge in [0.25, 0.3) is 0 Å². The maximum absolute atomic E-state index is 11.1. The molecule has 0 saturated carbocycles. The van der Waals surface area contributed by atoms with E-state index in [0.29, 0.717) is 19.6 Å². The molecule has 1 aliphatic rings. The van der Waals surface area contributed by atoms with E-state index in [9.17, 15) is 4.79 Å². The predicted octanol–water partition coefficient (Wildman–Crippen LogP) is 1.28. The molecule has 3 nitrogen and oxygen atoms in total. The molecule has 12 heavy (non-hydrogen) atoms. The van der Waals surface area contributed by atoms with Crippen LogP contribution in [0.25, 0.3) is 0 Å². The number of esters is 1. The number of hydrogen-bond acceptors (Lipinski definition) is 3. The molecule has 1 fully saturated rings. The van der Waals surface area contributed by atoms with Crippen LogP contribution < -0.4 is 0 Å². The van der Waals surface area contributed by atoms with Crippen LogP contribution in [0.2, 0.25) is 0 Å². The van der Waals surface area contributed by atoms with Gasteiger partial charge >= 0.3 is 5.97 Å². The minimum Gasteiger partial charge on any atom is -0.463 e. The molecule has 1 atom stereocenters. The van der Waals surface area contributed by atoms with Crippen LogP contribution in [0, 0.1) is 0 Å². The average Bonchev–Trinajstić information content (AvgIpc) is 2.56. The van der Waals surface area contributed by atoms with Gasteiger partial charge in [-0.2, -0.15) is 0 Å². The minimum absolute atomic E-state index is 0.227. The molecule has 0 aliphatic carbocycles. The van der Waals surface area contributed by atoms with Gasteiger partial charge in [-0.05, 0) is 19.3 Å². The van der Waals surface area contributed by atoms with Crippen molar-refractivity contribution in [2.24, 2.45) is 0 Å². The highest BCUT2D eigenvalue weighted by molar-refractivity contribution is 5.74. The number of carbonyl (C=O) groups excluding carboxylic acids is 1. The van der Waals surface area contributed by atoms with Crippen LogP contribution in [0.15, 0.2) is 12.7 Å². The van der Waals surface area contributed by atoms with Gasteiger partial charge in [0.2, 0.25) is 0 Å². The summed E-state index contributed by atoms with van der Waals surface area (Å²) in [5.41, 5.74) is 0. The van der Waals surface area contributed by atoms with E-state index in [0.717, 1.165) is 12.8 Å². The van der Waals surface area contributed by atoms with Gasteiger partial charge in [0.05, 0.1) is 6.61 Å². The molecule has 0 N–H and O–H groups in total. The molecular formula is C9H14O3. The van der Waals surface area contributed by atoms with Gasteiger partial charge in [-0.3, -0.25) is 0 Å². The van der Waals surface area contributed by atoms with E-state index in [1.165, 1.54) is 0 Å². The summed E-state index contributed by atoms with van der Waals surface area (Å²) in [6.45, 7) is 4.63. The molecule has 68 valence electrons. The Balaban J connectivity index is 2.14. The molecule has 1 aliphatic heterocycles. The number of rotatable bonds is 4. The monoisotopic (exact) mass is 170 g/mol.